The van der Waals surface area contributed by atoms with E-state index in [1.807, 2.05) is 45.0 Å². The van der Waals surface area contributed by atoms with Crippen LogP contribution in [0.4, 0.5) is 0 Å². The van der Waals surface area contributed by atoms with E-state index in [9.17, 15) is 9.59 Å². The van der Waals surface area contributed by atoms with Crippen LogP contribution in [0, 0.1) is 13.8 Å². The van der Waals surface area contributed by atoms with Gasteiger partial charge in [0.15, 0.2) is 10.9 Å². The Labute approximate surface area is 168 Å². The number of carbonyl (C=O) groups is 1. The van der Waals surface area contributed by atoms with E-state index in [4.69, 9.17) is 4.74 Å². The molecule has 3 aromatic rings. The van der Waals surface area contributed by atoms with Crippen LogP contribution < -0.4 is 5.56 Å². The second-order valence-corrected chi connectivity index (χ2v) is 7.54. The molecule has 148 valence electrons. The van der Waals surface area contributed by atoms with Crippen molar-refractivity contribution < 1.29 is 9.53 Å². The first-order valence-electron chi connectivity index (χ1n) is 9.29. The number of para-hydroxylation sites is 1. The third-order valence-electron chi connectivity index (χ3n) is 4.87. The van der Waals surface area contributed by atoms with Crippen LogP contribution in [-0.4, -0.2) is 39.4 Å². The van der Waals surface area contributed by atoms with Crippen molar-refractivity contribution in [1.29, 1.82) is 0 Å². The van der Waals surface area contributed by atoms with Gasteiger partial charge in [0.1, 0.15) is 0 Å². The number of hydrogen-bond acceptors (Lipinski definition) is 5. The lowest BCUT2D eigenvalue weighted by Gasteiger charge is -2.11. The summed E-state index contributed by atoms with van der Waals surface area (Å²) >= 11 is 1.31. The molecule has 28 heavy (non-hydrogen) atoms. The molecule has 6 nitrogen and oxygen atoms in total. The monoisotopic (exact) mass is 399 g/mol. The number of fused-ring (bicyclic) bond motifs is 1. The van der Waals surface area contributed by atoms with Crippen molar-refractivity contribution >= 4 is 28.4 Å². The summed E-state index contributed by atoms with van der Waals surface area (Å²) in [6.45, 7) is 7.69. The van der Waals surface area contributed by atoms with Gasteiger partial charge in [-0.15, -0.1) is 0 Å². The fraction of sp³-hybridized carbons (Fsp3) is 0.381. The summed E-state index contributed by atoms with van der Waals surface area (Å²) in [5.74, 6) is 0.270. The summed E-state index contributed by atoms with van der Waals surface area (Å²) in [7, 11) is 1.67. The lowest BCUT2D eigenvalue weighted by Crippen LogP contribution is -2.22. The second kappa shape index (κ2) is 8.75. The lowest BCUT2D eigenvalue weighted by molar-refractivity contribution is 0.102. The van der Waals surface area contributed by atoms with Crippen LogP contribution >= 0.6 is 11.8 Å². The highest BCUT2D eigenvalue weighted by Crippen LogP contribution is 2.22. The predicted octanol–water partition coefficient (Wildman–Crippen LogP) is 3.46. The Morgan fingerprint density at radius 2 is 1.96 bits per heavy atom. The van der Waals surface area contributed by atoms with Crippen LogP contribution in [0.2, 0.25) is 0 Å². The number of hydrogen-bond donors (Lipinski definition) is 0. The zero-order chi connectivity index (χ0) is 20.3. The largest absolute Gasteiger partial charge is 0.383 e. The molecule has 0 aliphatic heterocycles. The molecule has 0 fully saturated rings. The van der Waals surface area contributed by atoms with E-state index >= 15 is 0 Å². The molecular formula is C21H25N3O3S. The number of thioether (sulfide) groups is 1. The van der Waals surface area contributed by atoms with Crippen LogP contribution in [0.25, 0.3) is 10.9 Å². The van der Waals surface area contributed by atoms with Crippen LogP contribution in [0.1, 0.15) is 28.7 Å². The Bertz CT molecular complexity index is 1070. The lowest BCUT2D eigenvalue weighted by atomic mass is 10.2. The summed E-state index contributed by atoms with van der Waals surface area (Å²) in [6, 6.07) is 9.23. The molecule has 2 heterocycles. The Morgan fingerprint density at radius 1 is 1.21 bits per heavy atom. The number of rotatable bonds is 8. The molecule has 0 aliphatic rings. The van der Waals surface area contributed by atoms with E-state index in [0.717, 1.165) is 17.9 Å². The van der Waals surface area contributed by atoms with Gasteiger partial charge in [0.25, 0.3) is 5.56 Å². The van der Waals surface area contributed by atoms with Crippen LogP contribution in [-0.2, 0) is 17.8 Å². The number of ether oxygens (including phenoxy) is 1. The van der Waals surface area contributed by atoms with E-state index in [0.29, 0.717) is 34.8 Å². The van der Waals surface area contributed by atoms with Crippen molar-refractivity contribution in [2.24, 2.45) is 0 Å². The van der Waals surface area contributed by atoms with E-state index in [1.54, 1.807) is 17.7 Å². The first-order valence-corrected chi connectivity index (χ1v) is 10.3. The number of aryl methyl sites for hydroxylation is 1. The molecule has 1 aromatic carbocycles. The zero-order valence-corrected chi connectivity index (χ0v) is 17.5. The van der Waals surface area contributed by atoms with Gasteiger partial charge in [0.2, 0.25) is 0 Å². The fourth-order valence-corrected chi connectivity index (χ4v) is 4.30. The topological polar surface area (TPSA) is 66.1 Å². The maximum Gasteiger partial charge on any atom is 0.262 e. The van der Waals surface area contributed by atoms with Gasteiger partial charge in [-0.3, -0.25) is 14.2 Å². The van der Waals surface area contributed by atoms with Crippen molar-refractivity contribution in [2.75, 3.05) is 19.5 Å². The molecule has 2 aromatic heterocycles. The molecular weight excluding hydrogens is 374 g/mol. The predicted molar refractivity (Wildman–Crippen MR) is 113 cm³/mol. The summed E-state index contributed by atoms with van der Waals surface area (Å²) < 4.78 is 8.87. The molecule has 0 aliphatic carbocycles. The maximum atomic E-state index is 12.8. The van der Waals surface area contributed by atoms with Gasteiger partial charge in [0, 0.05) is 37.2 Å². The molecule has 0 radical (unpaired) electrons. The molecule has 0 saturated heterocycles. The summed E-state index contributed by atoms with van der Waals surface area (Å²) in [6.07, 6.45) is 0. The third kappa shape index (κ3) is 3.91. The summed E-state index contributed by atoms with van der Waals surface area (Å²) in [4.78, 5) is 30.2. The maximum absolute atomic E-state index is 12.8. The number of Topliss-reactive ketones (excluding diaryl/α,β-unsaturated/α-hetero) is 1. The molecule has 0 amide bonds. The van der Waals surface area contributed by atoms with Gasteiger partial charge in [0.05, 0.1) is 23.3 Å². The second-order valence-electron chi connectivity index (χ2n) is 6.60. The normalized spacial score (nSPS) is 11.3. The number of carbonyl (C=O) groups excluding carboxylic acids is 1. The minimum atomic E-state index is -0.0687. The first kappa shape index (κ1) is 20.4. The van der Waals surface area contributed by atoms with Gasteiger partial charge in [-0.05, 0) is 39.0 Å². The average molecular weight is 400 g/mol. The number of methoxy groups -OCH3 is 1. The number of ketones is 1. The highest BCUT2D eigenvalue weighted by molar-refractivity contribution is 7.99. The summed E-state index contributed by atoms with van der Waals surface area (Å²) in [5.41, 5.74) is 3.29. The van der Waals surface area contributed by atoms with Crippen molar-refractivity contribution in [1.82, 2.24) is 14.1 Å². The van der Waals surface area contributed by atoms with Crippen LogP contribution in [0.15, 0.2) is 40.3 Å². The molecule has 3 rings (SSSR count). The molecule has 0 atom stereocenters. The van der Waals surface area contributed by atoms with Crippen molar-refractivity contribution in [3.8, 4) is 0 Å². The molecule has 0 unspecified atom stereocenters. The quantitative estimate of drug-likeness (QED) is 0.330. The van der Waals surface area contributed by atoms with E-state index in [1.165, 1.54) is 11.8 Å². The molecule has 0 saturated carbocycles. The number of nitrogens with zero attached hydrogens (tertiary/aromatic N) is 3. The van der Waals surface area contributed by atoms with Gasteiger partial charge >= 0.3 is 0 Å². The van der Waals surface area contributed by atoms with Gasteiger partial charge in [-0.1, -0.05) is 23.9 Å². The SMILES string of the molecule is CCn1c(SCC(=O)c2cc(C)n(CCOC)c2C)nc2ccccc2c1=O. The molecule has 0 spiro atoms. The minimum Gasteiger partial charge on any atom is -0.383 e. The highest BCUT2D eigenvalue weighted by Gasteiger charge is 2.18. The Morgan fingerprint density at radius 3 is 2.68 bits per heavy atom. The smallest absolute Gasteiger partial charge is 0.262 e. The molecule has 7 heteroatoms. The minimum absolute atomic E-state index is 0.0341. The zero-order valence-electron chi connectivity index (χ0n) is 16.7. The van der Waals surface area contributed by atoms with Gasteiger partial charge in [-0.25, -0.2) is 4.98 Å². The molecule has 0 N–H and O–H groups in total. The highest BCUT2D eigenvalue weighted by atomic mass is 32.2. The van der Waals surface area contributed by atoms with Crippen molar-refractivity contribution in [2.45, 2.75) is 39.0 Å². The van der Waals surface area contributed by atoms with Crippen molar-refractivity contribution in [3.05, 3.63) is 57.6 Å². The fourth-order valence-electron chi connectivity index (χ4n) is 3.35. The Balaban J connectivity index is 1.85. The standard InChI is InChI=1S/C21H25N3O3S/c1-5-23-20(26)16-8-6-7-9-18(16)22-21(23)28-13-19(25)17-12-14(2)24(15(17)3)10-11-27-4/h6-9,12H,5,10-11,13H2,1-4H3. The van der Waals surface area contributed by atoms with E-state index in [2.05, 4.69) is 9.55 Å². The average Bonchev–Trinajstić information content (AvgIpc) is 2.98. The van der Waals surface area contributed by atoms with Crippen LogP contribution in [0.3, 0.4) is 0 Å². The van der Waals surface area contributed by atoms with E-state index < -0.39 is 0 Å². The Kier molecular flexibility index (Phi) is 6.36. The third-order valence-corrected chi connectivity index (χ3v) is 5.84. The van der Waals surface area contributed by atoms with Gasteiger partial charge in [-0.2, -0.15) is 0 Å². The van der Waals surface area contributed by atoms with Crippen LogP contribution in [0.5, 0.6) is 0 Å². The Hall–Kier alpha value is -2.38. The van der Waals surface area contributed by atoms with E-state index in [-0.39, 0.29) is 17.1 Å². The molecule has 0 bridgehead atoms. The van der Waals surface area contributed by atoms with Gasteiger partial charge < -0.3 is 9.30 Å². The number of benzene rings is 1. The summed E-state index contributed by atoms with van der Waals surface area (Å²) in [5, 5.41) is 1.18. The first-order chi connectivity index (χ1) is 13.5. The number of aromatic nitrogens is 3. The van der Waals surface area contributed by atoms with Crippen molar-refractivity contribution in [3.63, 3.8) is 0 Å².